The second-order valence-electron chi connectivity index (χ2n) is 3.78. The van der Waals surface area contributed by atoms with Crippen LogP contribution in [-0.2, 0) is 11.2 Å². The van der Waals surface area contributed by atoms with E-state index in [0.717, 1.165) is 6.42 Å². The number of benzene rings is 1. The summed E-state index contributed by atoms with van der Waals surface area (Å²) in [7, 11) is 0. The first-order chi connectivity index (χ1) is 7.09. The molecule has 0 radical (unpaired) electrons. The van der Waals surface area contributed by atoms with Crippen LogP contribution in [-0.4, -0.2) is 17.2 Å². The van der Waals surface area contributed by atoms with Gasteiger partial charge in [-0.05, 0) is 25.8 Å². The van der Waals surface area contributed by atoms with Crippen LogP contribution in [0.1, 0.15) is 19.4 Å². The molecule has 1 aromatic rings. The SMILES string of the molecule is CC(Cc1ccccc1)NC(=O)C(C)S. The Kier molecular flexibility index (Phi) is 4.69. The van der Waals surface area contributed by atoms with Crippen molar-refractivity contribution >= 4 is 18.5 Å². The molecule has 82 valence electrons. The summed E-state index contributed by atoms with van der Waals surface area (Å²) in [6.45, 7) is 3.77. The minimum atomic E-state index is -0.247. The first-order valence-corrected chi connectivity index (χ1v) is 5.63. The summed E-state index contributed by atoms with van der Waals surface area (Å²) >= 11 is 4.08. The maximum absolute atomic E-state index is 11.4. The van der Waals surface area contributed by atoms with E-state index in [1.165, 1.54) is 5.56 Å². The minimum Gasteiger partial charge on any atom is -0.352 e. The highest BCUT2D eigenvalue weighted by Gasteiger charge is 2.11. The zero-order chi connectivity index (χ0) is 11.3. The van der Waals surface area contributed by atoms with Crippen molar-refractivity contribution in [1.29, 1.82) is 0 Å². The maximum atomic E-state index is 11.4. The predicted molar refractivity (Wildman–Crippen MR) is 66.2 cm³/mol. The van der Waals surface area contributed by atoms with Gasteiger partial charge in [0.2, 0.25) is 5.91 Å². The number of hydrogen-bond donors (Lipinski definition) is 2. The van der Waals surface area contributed by atoms with Crippen LogP contribution in [0.25, 0.3) is 0 Å². The summed E-state index contributed by atoms with van der Waals surface area (Å²) in [5.74, 6) is -0.0123. The van der Waals surface area contributed by atoms with Crippen LogP contribution in [0.2, 0.25) is 0 Å². The third-order valence-electron chi connectivity index (χ3n) is 2.15. The van der Waals surface area contributed by atoms with Crippen LogP contribution in [0, 0.1) is 0 Å². The highest BCUT2D eigenvalue weighted by Crippen LogP contribution is 2.03. The summed E-state index contributed by atoms with van der Waals surface area (Å²) in [5, 5.41) is 2.67. The minimum absolute atomic E-state index is 0.0123. The van der Waals surface area contributed by atoms with Crippen molar-refractivity contribution in [3.8, 4) is 0 Å². The molecule has 0 heterocycles. The summed E-state index contributed by atoms with van der Waals surface area (Å²) in [4.78, 5) is 11.4. The van der Waals surface area contributed by atoms with E-state index in [0.29, 0.717) is 0 Å². The van der Waals surface area contributed by atoms with Gasteiger partial charge < -0.3 is 5.32 Å². The lowest BCUT2D eigenvalue weighted by molar-refractivity contribution is -0.120. The Balaban J connectivity index is 2.43. The van der Waals surface area contributed by atoms with Crippen molar-refractivity contribution in [3.05, 3.63) is 35.9 Å². The molecule has 1 N–H and O–H groups in total. The fourth-order valence-electron chi connectivity index (χ4n) is 1.38. The zero-order valence-electron chi connectivity index (χ0n) is 9.10. The topological polar surface area (TPSA) is 29.1 Å². The molecule has 0 fully saturated rings. The van der Waals surface area contributed by atoms with Gasteiger partial charge in [0.15, 0.2) is 0 Å². The molecule has 1 aromatic carbocycles. The molecule has 2 nitrogen and oxygen atoms in total. The molecule has 2 unspecified atom stereocenters. The van der Waals surface area contributed by atoms with E-state index in [1.807, 2.05) is 25.1 Å². The molecular formula is C12H17NOS. The summed E-state index contributed by atoms with van der Waals surface area (Å²) < 4.78 is 0. The van der Waals surface area contributed by atoms with Crippen molar-refractivity contribution in [3.63, 3.8) is 0 Å². The second kappa shape index (κ2) is 5.81. The first-order valence-electron chi connectivity index (χ1n) is 5.12. The number of carbonyl (C=O) groups is 1. The van der Waals surface area contributed by atoms with Crippen LogP contribution in [0.15, 0.2) is 30.3 Å². The average molecular weight is 223 g/mol. The first kappa shape index (κ1) is 12.1. The van der Waals surface area contributed by atoms with Crippen LogP contribution >= 0.6 is 12.6 Å². The third kappa shape index (κ3) is 4.38. The van der Waals surface area contributed by atoms with E-state index < -0.39 is 0 Å². The molecular weight excluding hydrogens is 206 g/mol. The molecule has 2 atom stereocenters. The van der Waals surface area contributed by atoms with Crippen molar-refractivity contribution < 1.29 is 4.79 Å². The smallest absolute Gasteiger partial charge is 0.232 e. The lowest BCUT2D eigenvalue weighted by atomic mass is 10.1. The average Bonchev–Trinajstić information content (AvgIpc) is 2.18. The molecule has 0 saturated carbocycles. The van der Waals surface area contributed by atoms with E-state index in [1.54, 1.807) is 6.92 Å². The van der Waals surface area contributed by atoms with Gasteiger partial charge in [-0.25, -0.2) is 0 Å². The van der Waals surface area contributed by atoms with Gasteiger partial charge in [-0.2, -0.15) is 12.6 Å². The largest absolute Gasteiger partial charge is 0.352 e. The Morgan fingerprint density at radius 3 is 2.47 bits per heavy atom. The zero-order valence-corrected chi connectivity index (χ0v) is 10.00. The molecule has 1 amide bonds. The van der Waals surface area contributed by atoms with Crippen LogP contribution in [0.3, 0.4) is 0 Å². The second-order valence-corrected chi connectivity index (χ2v) is 4.55. The predicted octanol–water partition coefficient (Wildman–Crippen LogP) is 2.05. The Morgan fingerprint density at radius 2 is 1.93 bits per heavy atom. The van der Waals surface area contributed by atoms with Crippen LogP contribution < -0.4 is 5.32 Å². The lowest BCUT2D eigenvalue weighted by Gasteiger charge is -2.15. The van der Waals surface area contributed by atoms with Gasteiger partial charge in [-0.15, -0.1) is 0 Å². The molecule has 0 aromatic heterocycles. The van der Waals surface area contributed by atoms with Gasteiger partial charge in [0.25, 0.3) is 0 Å². The number of hydrogen-bond acceptors (Lipinski definition) is 2. The monoisotopic (exact) mass is 223 g/mol. The van der Waals surface area contributed by atoms with Crippen molar-refractivity contribution in [2.75, 3.05) is 0 Å². The van der Waals surface area contributed by atoms with Gasteiger partial charge in [0.05, 0.1) is 5.25 Å². The fourth-order valence-corrected chi connectivity index (χ4v) is 1.46. The highest BCUT2D eigenvalue weighted by atomic mass is 32.1. The molecule has 0 aliphatic carbocycles. The molecule has 0 saturated heterocycles. The Labute approximate surface area is 96.5 Å². The highest BCUT2D eigenvalue weighted by molar-refractivity contribution is 7.81. The third-order valence-corrected chi connectivity index (χ3v) is 2.39. The molecule has 15 heavy (non-hydrogen) atoms. The number of thiol groups is 1. The molecule has 3 heteroatoms. The molecule has 0 aliphatic heterocycles. The Hall–Kier alpha value is -0.960. The van der Waals surface area contributed by atoms with Gasteiger partial charge in [0, 0.05) is 6.04 Å². The molecule has 1 rings (SSSR count). The van der Waals surface area contributed by atoms with E-state index in [4.69, 9.17) is 0 Å². The fraction of sp³-hybridized carbons (Fsp3) is 0.417. The van der Waals surface area contributed by atoms with Gasteiger partial charge in [-0.3, -0.25) is 4.79 Å². The maximum Gasteiger partial charge on any atom is 0.232 e. The van der Waals surface area contributed by atoms with Crippen molar-refractivity contribution in [2.24, 2.45) is 0 Å². The van der Waals surface area contributed by atoms with Gasteiger partial charge >= 0.3 is 0 Å². The van der Waals surface area contributed by atoms with Crippen molar-refractivity contribution in [2.45, 2.75) is 31.6 Å². The van der Waals surface area contributed by atoms with E-state index in [9.17, 15) is 4.79 Å². The lowest BCUT2D eigenvalue weighted by Crippen LogP contribution is -2.38. The normalized spacial score (nSPS) is 14.3. The molecule has 0 aliphatic rings. The van der Waals surface area contributed by atoms with E-state index in [-0.39, 0.29) is 17.2 Å². The van der Waals surface area contributed by atoms with Gasteiger partial charge in [-0.1, -0.05) is 30.3 Å². The standard InChI is InChI=1S/C12H17NOS/c1-9(13-12(14)10(2)15)8-11-6-4-3-5-7-11/h3-7,9-10,15H,8H2,1-2H3,(H,13,14). The van der Waals surface area contributed by atoms with E-state index >= 15 is 0 Å². The molecule has 0 bridgehead atoms. The quantitative estimate of drug-likeness (QED) is 0.752. The Morgan fingerprint density at radius 1 is 1.33 bits per heavy atom. The van der Waals surface area contributed by atoms with Crippen LogP contribution in [0.4, 0.5) is 0 Å². The summed E-state index contributed by atoms with van der Waals surface area (Å²) in [6, 6.07) is 10.3. The van der Waals surface area contributed by atoms with E-state index in [2.05, 4.69) is 30.1 Å². The van der Waals surface area contributed by atoms with Crippen LogP contribution in [0.5, 0.6) is 0 Å². The number of nitrogens with one attached hydrogen (secondary N) is 1. The number of rotatable bonds is 4. The number of carbonyl (C=O) groups excluding carboxylic acids is 1. The van der Waals surface area contributed by atoms with Crippen molar-refractivity contribution in [1.82, 2.24) is 5.32 Å². The van der Waals surface area contributed by atoms with Gasteiger partial charge in [0.1, 0.15) is 0 Å². The summed E-state index contributed by atoms with van der Waals surface area (Å²) in [6.07, 6.45) is 0.854. The molecule has 0 spiro atoms. The summed E-state index contributed by atoms with van der Waals surface area (Å²) in [5.41, 5.74) is 1.23. The Bertz CT molecular complexity index is 311. The number of amides is 1.